The fraction of sp³-hybridized carbons (Fsp3) is 0.364. The molecule has 0 heterocycles. The van der Waals surface area contributed by atoms with Crippen molar-refractivity contribution in [2.45, 2.75) is 27.7 Å². The van der Waals surface area contributed by atoms with Gasteiger partial charge in [-0.25, -0.2) is 4.67 Å². The Morgan fingerprint density at radius 1 is 0.594 bits per heavy atom. The molecule has 180 valence electrons. The standard InChI is InChI=1S/C22H30N3.6ClH.Sb/c1-5-24(6-2)21(19-15-11-9-12-16-19)23-22(25(7-3)8-4)20-17-13-10-14-18-20;;;;;;;/h9-18H,5-8H2,1-4H3;6*1H;/q+1;;;;;;;+5/p-6. The van der Waals surface area contributed by atoms with Gasteiger partial charge < -0.3 is 0 Å². The van der Waals surface area contributed by atoms with E-state index in [0.29, 0.717) is 0 Å². The molecule has 0 saturated heterocycles. The van der Waals surface area contributed by atoms with Gasteiger partial charge in [-0.3, -0.25) is 9.80 Å². The fourth-order valence-electron chi connectivity index (χ4n) is 2.96. The Bertz CT molecular complexity index is 831. The van der Waals surface area contributed by atoms with Crippen molar-refractivity contribution in [3.05, 3.63) is 71.8 Å². The zero-order valence-corrected chi connectivity index (χ0v) is 25.7. The van der Waals surface area contributed by atoms with Crippen LogP contribution < -0.4 is 4.67 Å². The van der Waals surface area contributed by atoms with Gasteiger partial charge in [0.2, 0.25) is 0 Å². The number of amidine groups is 2. The minimum absolute atomic E-state index is 0.935. The molecule has 0 bridgehead atoms. The van der Waals surface area contributed by atoms with E-state index >= 15 is 0 Å². The van der Waals surface area contributed by atoms with Gasteiger partial charge in [-0.15, -0.1) is 0 Å². The van der Waals surface area contributed by atoms with Gasteiger partial charge in [0.1, 0.15) is 0 Å². The summed E-state index contributed by atoms with van der Waals surface area (Å²) in [6.07, 6.45) is 0. The van der Waals surface area contributed by atoms with Crippen LogP contribution in [0.15, 0.2) is 60.7 Å². The molecule has 3 nitrogen and oxygen atoms in total. The summed E-state index contributed by atoms with van der Waals surface area (Å²) in [5.41, 5.74) is 2.32. The first-order chi connectivity index (χ1) is 14.7. The molecule has 10 heteroatoms. The summed E-state index contributed by atoms with van der Waals surface area (Å²) >= 11 is 0. The number of nitrogens with zero attached hydrogens (tertiary/aromatic N) is 3. The monoisotopic (exact) mass is 667 g/mol. The molecular weight excluding hydrogens is 641 g/mol. The average molecular weight is 671 g/mol. The summed E-state index contributed by atoms with van der Waals surface area (Å²) in [6.45, 7) is 12.5. The second kappa shape index (κ2) is 12.1. The Balaban J connectivity index is 0.000000633. The molecule has 0 spiro atoms. The van der Waals surface area contributed by atoms with Crippen LogP contribution in [0.1, 0.15) is 38.8 Å². The van der Waals surface area contributed by atoms with Crippen molar-refractivity contribution in [3.63, 3.8) is 0 Å². The molecule has 2 rings (SSSR count). The van der Waals surface area contributed by atoms with Crippen LogP contribution in [-0.4, -0.2) is 56.8 Å². The first kappa shape index (κ1) is 30.1. The average Bonchev–Trinajstić information content (AvgIpc) is 2.72. The van der Waals surface area contributed by atoms with Crippen LogP contribution in [0.2, 0.25) is 0 Å². The van der Waals surface area contributed by atoms with Crippen LogP contribution in [0.3, 0.4) is 0 Å². The molecule has 0 atom stereocenters. The molecular formula is C22H30Cl6N3Sb. The molecule has 2 aromatic rings. The number of halogens is 6. The summed E-state index contributed by atoms with van der Waals surface area (Å²) in [5, 5.41) is 0. The quantitative estimate of drug-likeness (QED) is 0.138. The molecule has 2 aromatic carbocycles. The van der Waals surface area contributed by atoms with Gasteiger partial charge in [0.05, 0.1) is 37.3 Å². The zero-order valence-electron chi connectivity index (χ0n) is 18.7. The Hall–Kier alpha value is 0.0482. The molecule has 0 unspecified atom stereocenters. The molecule has 0 saturated carbocycles. The topological polar surface area (TPSA) is 20.6 Å². The number of benzene rings is 2. The van der Waals surface area contributed by atoms with Crippen molar-refractivity contribution in [3.8, 4) is 0 Å². The zero-order chi connectivity index (χ0) is 24.5. The fourth-order valence-corrected chi connectivity index (χ4v) is 2.96. The van der Waals surface area contributed by atoms with E-state index in [1.165, 1.54) is 0 Å². The molecule has 32 heavy (non-hydrogen) atoms. The normalized spacial score (nSPS) is 12.9. The predicted octanol–water partition coefficient (Wildman–Crippen LogP) is 7.39. The van der Waals surface area contributed by atoms with E-state index in [-0.39, 0.29) is 0 Å². The first-order valence-electron chi connectivity index (χ1n) is 10.3. The second-order valence-electron chi connectivity index (χ2n) is 6.79. The molecule has 0 radical (unpaired) electrons. The van der Waals surface area contributed by atoms with Gasteiger partial charge in [-0.1, -0.05) is 36.4 Å². The molecule has 0 aromatic heterocycles. The Morgan fingerprint density at radius 2 is 0.844 bits per heavy atom. The summed E-state index contributed by atoms with van der Waals surface area (Å²) in [7, 11) is 25.0. The van der Waals surface area contributed by atoms with Crippen molar-refractivity contribution in [1.82, 2.24) is 14.5 Å². The molecule has 0 aliphatic rings. The molecule has 0 fully saturated rings. The summed E-state index contributed by atoms with van der Waals surface area (Å²) in [6, 6.07) is 21.0. The number of rotatable bonds is 6. The SMILES string of the molecule is CCN(CC)C(=[N+]=C(c1ccccc1)N(CC)CC)c1ccccc1.[Cl][Sb-]([Cl])([Cl])([Cl])([Cl])[Cl]. The first-order valence-corrected chi connectivity index (χ1v) is 29.7. The Labute approximate surface area is 212 Å². The maximum absolute atomic E-state index is 5.42. The van der Waals surface area contributed by atoms with Crippen molar-refractivity contribution in [2.75, 3.05) is 26.2 Å². The summed E-state index contributed by atoms with van der Waals surface area (Å²) in [5.74, 6) is 2.08. The van der Waals surface area contributed by atoms with Crippen LogP contribution in [-0.2, 0) is 0 Å². The molecule has 0 N–H and O–H groups in total. The molecule has 0 aliphatic heterocycles. The van der Waals surface area contributed by atoms with Crippen LogP contribution in [0.4, 0.5) is 0 Å². The number of hydrogen-bond donors (Lipinski definition) is 0. The van der Waals surface area contributed by atoms with E-state index in [4.69, 9.17) is 57.6 Å². The van der Waals surface area contributed by atoms with Gasteiger partial charge in [0.15, 0.2) is 0 Å². The van der Waals surface area contributed by atoms with Gasteiger partial charge >= 0.3 is 73.8 Å². The van der Waals surface area contributed by atoms with Crippen molar-refractivity contribution in [2.24, 2.45) is 0 Å². The van der Waals surface area contributed by atoms with Gasteiger partial charge in [0.25, 0.3) is 0 Å². The van der Waals surface area contributed by atoms with Crippen molar-refractivity contribution >= 4 is 73.8 Å². The van der Waals surface area contributed by atoms with E-state index in [0.717, 1.165) is 49.0 Å². The Kier molecular flexibility index (Phi) is 11.4. The Morgan fingerprint density at radius 3 is 1.06 bits per heavy atom. The third-order valence-electron chi connectivity index (χ3n) is 4.40. The van der Waals surface area contributed by atoms with Gasteiger partial charge in [-0.05, 0) is 52.0 Å². The number of hydrogen-bond acceptors (Lipinski definition) is 0. The third kappa shape index (κ3) is 13.1. The van der Waals surface area contributed by atoms with E-state index < -0.39 is 9.14 Å². The van der Waals surface area contributed by atoms with Crippen LogP contribution in [0.5, 0.6) is 0 Å². The third-order valence-corrected chi connectivity index (χ3v) is 4.40. The van der Waals surface area contributed by atoms with Crippen LogP contribution >= 0.6 is 53.0 Å². The van der Waals surface area contributed by atoms with E-state index in [2.05, 4.69) is 98.2 Å². The van der Waals surface area contributed by atoms with Crippen molar-refractivity contribution in [1.29, 1.82) is 0 Å². The van der Waals surface area contributed by atoms with Crippen LogP contribution in [0.25, 0.3) is 0 Å². The maximum atomic E-state index is 5.19. The van der Waals surface area contributed by atoms with Crippen molar-refractivity contribution < 1.29 is 0 Å². The second-order valence-corrected chi connectivity index (χ2v) is 63.7. The van der Waals surface area contributed by atoms with E-state index in [1.807, 2.05) is 0 Å². The van der Waals surface area contributed by atoms with E-state index in [1.54, 1.807) is 0 Å². The van der Waals surface area contributed by atoms with E-state index in [9.17, 15) is 0 Å². The summed E-state index contributed by atoms with van der Waals surface area (Å²) < 4.78 is 5.19. The minimum atomic E-state index is -5.42. The molecule has 0 aliphatic carbocycles. The summed E-state index contributed by atoms with van der Waals surface area (Å²) in [4.78, 5) is 4.64. The van der Waals surface area contributed by atoms with Crippen LogP contribution in [0, 0.1) is 0 Å². The molecule has 0 amide bonds. The van der Waals surface area contributed by atoms with Gasteiger partial charge in [0, 0.05) is 0 Å². The predicted molar refractivity (Wildman–Crippen MR) is 150 cm³/mol. The van der Waals surface area contributed by atoms with Gasteiger partial charge in [-0.2, -0.15) is 0 Å².